The van der Waals surface area contributed by atoms with Crippen LogP contribution < -0.4 is 5.32 Å². The van der Waals surface area contributed by atoms with Crippen LogP contribution in [0.5, 0.6) is 0 Å². The lowest BCUT2D eigenvalue weighted by molar-refractivity contribution is 0.186. The summed E-state index contributed by atoms with van der Waals surface area (Å²) in [5.74, 6) is -1.78. The van der Waals surface area contributed by atoms with Gasteiger partial charge in [0.05, 0.1) is 16.1 Å². The van der Waals surface area contributed by atoms with Crippen LogP contribution in [0.4, 0.5) is 13.2 Å². The quantitative estimate of drug-likeness (QED) is 0.374. The Morgan fingerprint density at radius 1 is 0.862 bits per heavy atom. The molecule has 0 fully saturated rings. The molecule has 1 N–H and O–H groups in total. The second-order valence-electron chi connectivity index (χ2n) is 7.04. The Morgan fingerprint density at radius 2 is 1.34 bits per heavy atom. The number of hydrogen-bond acceptors (Lipinski definition) is 2. The van der Waals surface area contributed by atoms with Gasteiger partial charge < -0.3 is 9.74 Å². The van der Waals surface area contributed by atoms with Gasteiger partial charge in [0.25, 0.3) is 0 Å². The van der Waals surface area contributed by atoms with E-state index in [9.17, 15) is 13.2 Å². The highest BCUT2D eigenvalue weighted by Crippen LogP contribution is 2.37. The third-order valence-electron chi connectivity index (χ3n) is 5.27. The summed E-state index contributed by atoms with van der Waals surface area (Å²) in [5.41, 5.74) is 1.00. The highest BCUT2D eigenvalue weighted by atomic mass is 35.5. The second kappa shape index (κ2) is 10.8. The molecular formula is C21H26Cl2F3NOSi. The maximum atomic E-state index is 13.7. The molecule has 160 valence electrons. The van der Waals surface area contributed by atoms with Crippen LogP contribution in [0.3, 0.4) is 0 Å². The van der Waals surface area contributed by atoms with Gasteiger partial charge in [0.1, 0.15) is 17.5 Å². The summed E-state index contributed by atoms with van der Waals surface area (Å²) in [6.07, 6.45) is -0.500. The number of benzene rings is 2. The highest BCUT2D eigenvalue weighted by molar-refractivity contribution is 6.73. The van der Waals surface area contributed by atoms with Gasteiger partial charge in [-0.15, -0.1) is 0 Å². The van der Waals surface area contributed by atoms with Crippen molar-refractivity contribution in [2.24, 2.45) is 0 Å². The predicted molar refractivity (Wildman–Crippen MR) is 116 cm³/mol. The van der Waals surface area contributed by atoms with Crippen LogP contribution in [0.2, 0.25) is 28.2 Å². The molecule has 8 heteroatoms. The largest absolute Gasteiger partial charge is 0.409 e. The molecule has 0 saturated heterocycles. The van der Waals surface area contributed by atoms with E-state index in [-0.39, 0.29) is 16.6 Å². The fourth-order valence-electron chi connectivity index (χ4n) is 3.43. The zero-order chi connectivity index (χ0) is 21.6. The predicted octanol–water partition coefficient (Wildman–Crippen LogP) is 7.26. The smallest absolute Gasteiger partial charge is 0.192 e. The lowest BCUT2D eigenvalue weighted by Crippen LogP contribution is -2.40. The third-order valence-corrected chi connectivity index (χ3v) is 10.5. The van der Waals surface area contributed by atoms with Crippen molar-refractivity contribution in [2.45, 2.75) is 51.6 Å². The van der Waals surface area contributed by atoms with E-state index in [0.29, 0.717) is 17.7 Å². The van der Waals surface area contributed by atoms with Crippen molar-refractivity contribution >= 4 is 31.5 Å². The fourth-order valence-corrected chi connectivity index (χ4v) is 6.93. The molecule has 1 unspecified atom stereocenters. The summed E-state index contributed by atoms with van der Waals surface area (Å²) >= 11 is 12.6. The second-order valence-corrected chi connectivity index (χ2v) is 12.6. The maximum Gasteiger partial charge on any atom is 0.192 e. The van der Waals surface area contributed by atoms with Gasteiger partial charge in [0, 0.05) is 24.7 Å². The Balaban J connectivity index is 2.27. The average Bonchev–Trinajstić information content (AvgIpc) is 2.64. The van der Waals surface area contributed by atoms with Gasteiger partial charge in [-0.1, -0.05) is 44.0 Å². The molecule has 0 bridgehead atoms. The normalized spacial score (nSPS) is 13.0. The molecule has 2 aromatic rings. The van der Waals surface area contributed by atoms with Crippen molar-refractivity contribution in [1.82, 2.24) is 5.32 Å². The van der Waals surface area contributed by atoms with Crippen LogP contribution in [0.25, 0.3) is 0 Å². The molecule has 0 aromatic heterocycles. The minimum absolute atomic E-state index is 0.199. The van der Waals surface area contributed by atoms with Crippen molar-refractivity contribution in [3.05, 3.63) is 69.0 Å². The first kappa shape index (κ1) is 24.2. The summed E-state index contributed by atoms with van der Waals surface area (Å²) in [5, 5.41) is 3.57. The standard InChI is InChI=1S/C21H26Cl2F3NOSi/c1-4-29(5-2,6-3)28-20(21-18(22)10-17(26)11-19(21)23)13-27-12-14-7-15(24)9-16(25)8-14/h7-11,20,27H,4-6,12-13H2,1-3H3. The van der Waals surface area contributed by atoms with Gasteiger partial charge in [0.2, 0.25) is 0 Å². The fraction of sp³-hybridized carbons (Fsp3) is 0.429. The van der Waals surface area contributed by atoms with E-state index < -0.39 is 31.9 Å². The average molecular weight is 464 g/mol. The van der Waals surface area contributed by atoms with Crippen LogP contribution in [-0.4, -0.2) is 14.9 Å². The Bertz CT molecular complexity index is 782. The van der Waals surface area contributed by atoms with Crippen LogP contribution in [0.15, 0.2) is 30.3 Å². The Kier molecular flexibility index (Phi) is 9.04. The lowest BCUT2D eigenvalue weighted by Gasteiger charge is -2.34. The minimum atomic E-state index is -2.04. The number of rotatable bonds is 10. The van der Waals surface area contributed by atoms with Gasteiger partial charge in [-0.2, -0.15) is 0 Å². The van der Waals surface area contributed by atoms with Gasteiger partial charge in [-0.05, 0) is 48.0 Å². The van der Waals surface area contributed by atoms with E-state index in [0.717, 1.165) is 24.2 Å². The topological polar surface area (TPSA) is 21.3 Å². The summed E-state index contributed by atoms with van der Waals surface area (Å²) in [6.45, 7) is 6.87. The van der Waals surface area contributed by atoms with Crippen LogP contribution in [0.1, 0.15) is 38.0 Å². The molecule has 2 nitrogen and oxygen atoms in total. The van der Waals surface area contributed by atoms with Crippen LogP contribution in [-0.2, 0) is 11.0 Å². The van der Waals surface area contributed by atoms with Crippen LogP contribution in [0, 0.1) is 17.5 Å². The summed E-state index contributed by atoms with van der Waals surface area (Å²) in [4.78, 5) is 0. The summed E-state index contributed by atoms with van der Waals surface area (Å²) in [7, 11) is -2.04. The molecular weight excluding hydrogens is 438 g/mol. The highest BCUT2D eigenvalue weighted by Gasteiger charge is 2.34. The zero-order valence-corrected chi connectivity index (χ0v) is 19.3. The lowest BCUT2D eigenvalue weighted by atomic mass is 10.1. The van der Waals surface area contributed by atoms with Crippen molar-refractivity contribution in [1.29, 1.82) is 0 Å². The molecule has 2 aromatic carbocycles. The molecule has 0 aliphatic rings. The third kappa shape index (κ3) is 6.46. The van der Waals surface area contributed by atoms with E-state index in [4.69, 9.17) is 27.6 Å². The van der Waals surface area contributed by atoms with E-state index in [1.807, 2.05) is 0 Å². The Labute approximate surface area is 181 Å². The molecule has 0 aliphatic carbocycles. The molecule has 0 saturated carbocycles. The number of halogens is 5. The van der Waals surface area contributed by atoms with E-state index in [2.05, 4.69) is 26.1 Å². The summed E-state index contributed by atoms with van der Waals surface area (Å²) < 4.78 is 47.1. The van der Waals surface area contributed by atoms with Gasteiger partial charge in [-0.25, -0.2) is 13.2 Å². The maximum absolute atomic E-state index is 13.7. The van der Waals surface area contributed by atoms with Crippen molar-refractivity contribution < 1.29 is 17.6 Å². The van der Waals surface area contributed by atoms with Crippen molar-refractivity contribution in [3.63, 3.8) is 0 Å². The summed E-state index contributed by atoms with van der Waals surface area (Å²) in [6, 6.07) is 8.56. The molecule has 0 amide bonds. The Hall–Kier alpha value is -1.05. The molecule has 0 radical (unpaired) electrons. The van der Waals surface area contributed by atoms with E-state index in [1.165, 1.54) is 24.3 Å². The molecule has 0 heterocycles. The Morgan fingerprint density at radius 3 is 1.83 bits per heavy atom. The molecule has 29 heavy (non-hydrogen) atoms. The first-order valence-electron chi connectivity index (χ1n) is 9.71. The zero-order valence-electron chi connectivity index (χ0n) is 16.8. The molecule has 0 aliphatic heterocycles. The van der Waals surface area contributed by atoms with Gasteiger partial charge >= 0.3 is 0 Å². The van der Waals surface area contributed by atoms with Crippen LogP contribution >= 0.6 is 23.2 Å². The molecule has 1 atom stereocenters. The van der Waals surface area contributed by atoms with E-state index >= 15 is 0 Å². The number of hydrogen-bond donors (Lipinski definition) is 1. The number of nitrogens with one attached hydrogen (secondary N) is 1. The first-order valence-corrected chi connectivity index (χ1v) is 13.0. The SMILES string of the molecule is CC[Si](CC)(CC)OC(CNCc1cc(F)cc(F)c1)c1c(Cl)cc(F)cc1Cl. The van der Waals surface area contributed by atoms with Gasteiger partial charge in [0.15, 0.2) is 8.32 Å². The van der Waals surface area contributed by atoms with E-state index in [1.54, 1.807) is 0 Å². The first-order chi connectivity index (χ1) is 13.7. The molecule has 0 spiro atoms. The minimum Gasteiger partial charge on any atom is -0.409 e. The van der Waals surface area contributed by atoms with Crippen molar-refractivity contribution in [2.75, 3.05) is 6.54 Å². The molecule has 2 rings (SSSR count). The van der Waals surface area contributed by atoms with Gasteiger partial charge in [-0.3, -0.25) is 0 Å². The van der Waals surface area contributed by atoms with Crippen molar-refractivity contribution in [3.8, 4) is 0 Å². The monoisotopic (exact) mass is 463 g/mol.